The van der Waals surface area contributed by atoms with Crippen molar-refractivity contribution in [3.8, 4) is 6.07 Å². The number of anilines is 1. The first-order valence-corrected chi connectivity index (χ1v) is 9.36. The van der Waals surface area contributed by atoms with Gasteiger partial charge in [0.15, 0.2) is 0 Å². The van der Waals surface area contributed by atoms with Crippen LogP contribution in [0.2, 0.25) is 0 Å². The van der Waals surface area contributed by atoms with Crippen LogP contribution in [0.1, 0.15) is 22.4 Å². The van der Waals surface area contributed by atoms with Crippen molar-refractivity contribution >= 4 is 45.9 Å². The normalized spacial score (nSPS) is 11.1. The molecule has 0 radical (unpaired) electrons. The average Bonchev–Trinajstić information content (AvgIpc) is 2.54. The molecule has 0 bridgehead atoms. The third kappa shape index (κ3) is 5.11. The summed E-state index contributed by atoms with van der Waals surface area (Å²) in [6.45, 7) is 3.25. The van der Waals surface area contributed by atoms with Gasteiger partial charge in [0.05, 0.1) is 11.3 Å². The summed E-state index contributed by atoms with van der Waals surface area (Å²) in [5.41, 5.74) is 0.642. The maximum absolute atomic E-state index is 12.9. The summed E-state index contributed by atoms with van der Waals surface area (Å²) >= 11 is 2.96. The van der Waals surface area contributed by atoms with E-state index in [0.29, 0.717) is 5.69 Å². The lowest BCUT2D eigenvalue weighted by Crippen LogP contribution is -2.16. The third-order valence-electron chi connectivity index (χ3n) is 3.39. The molecule has 1 aromatic heterocycles. The van der Waals surface area contributed by atoms with Crippen molar-refractivity contribution in [3.05, 3.63) is 50.2 Å². The lowest BCUT2D eigenvalue weighted by molar-refractivity contribution is -0.141. The van der Waals surface area contributed by atoms with Gasteiger partial charge >= 0.3 is 6.18 Å². The Labute approximate surface area is 166 Å². The molecule has 0 aliphatic rings. The number of rotatable bonds is 4. The summed E-state index contributed by atoms with van der Waals surface area (Å²) in [5, 5.41) is 11.8. The fraction of sp³-hybridized carbons (Fsp3) is 0.235. The number of carbonyl (C=O) groups excluding carboxylic acids is 1. The van der Waals surface area contributed by atoms with Gasteiger partial charge in [0.2, 0.25) is 5.91 Å². The molecule has 0 unspecified atom stereocenters. The molecule has 2 rings (SSSR count). The Morgan fingerprint density at radius 3 is 2.58 bits per heavy atom. The van der Waals surface area contributed by atoms with Gasteiger partial charge in [-0.15, -0.1) is 0 Å². The number of hydrogen-bond donors (Lipinski definition) is 1. The number of amides is 1. The minimum Gasteiger partial charge on any atom is -0.325 e. The van der Waals surface area contributed by atoms with Crippen molar-refractivity contribution in [2.45, 2.75) is 25.0 Å². The topological polar surface area (TPSA) is 65.8 Å². The first kappa shape index (κ1) is 20.5. The van der Waals surface area contributed by atoms with Crippen molar-refractivity contribution in [1.82, 2.24) is 4.98 Å². The zero-order chi connectivity index (χ0) is 19.5. The average molecular weight is 491 g/mol. The van der Waals surface area contributed by atoms with Crippen molar-refractivity contribution in [1.29, 1.82) is 5.26 Å². The second-order valence-corrected chi connectivity index (χ2v) is 7.62. The zero-order valence-electron chi connectivity index (χ0n) is 13.7. The maximum Gasteiger partial charge on any atom is 0.433 e. The number of hydrogen-bond acceptors (Lipinski definition) is 4. The highest BCUT2D eigenvalue weighted by atomic mass is 127. The Morgan fingerprint density at radius 2 is 2.00 bits per heavy atom. The second kappa shape index (κ2) is 8.26. The fourth-order valence-electron chi connectivity index (χ4n) is 2.12. The summed E-state index contributed by atoms with van der Waals surface area (Å²) in [5.74, 6) is -0.548. The molecule has 0 saturated heterocycles. The van der Waals surface area contributed by atoms with E-state index in [0.717, 1.165) is 27.0 Å². The molecule has 0 spiro atoms. The van der Waals surface area contributed by atoms with E-state index in [2.05, 4.69) is 32.9 Å². The van der Waals surface area contributed by atoms with E-state index in [1.165, 1.54) is 6.92 Å². The van der Waals surface area contributed by atoms with E-state index in [9.17, 15) is 18.0 Å². The first-order valence-electron chi connectivity index (χ1n) is 7.29. The number of halogens is 4. The Balaban J connectivity index is 2.16. The monoisotopic (exact) mass is 491 g/mol. The van der Waals surface area contributed by atoms with Crippen molar-refractivity contribution < 1.29 is 18.0 Å². The molecule has 1 N–H and O–H groups in total. The summed E-state index contributed by atoms with van der Waals surface area (Å²) in [4.78, 5) is 15.6. The summed E-state index contributed by atoms with van der Waals surface area (Å²) < 4.78 is 39.8. The van der Waals surface area contributed by atoms with E-state index in [4.69, 9.17) is 5.26 Å². The van der Waals surface area contributed by atoms with Gasteiger partial charge in [-0.1, -0.05) is 11.8 Å². The Bertz CT molecular complexity index is 894. The van der Waals surface area contributed by atoms with Crippen LogP contribution in [0, 0.1) is 28.7 Å². The smallest absolute Gasteiger partial charge is 0.325 e. The molecule has 0 atom stereocenters. The van der Waals surface area contributed by atoms with Crippen LogP contribution in [0.15, 0.2) is 29.3 Å². The molecule has 1 aromatic carbocycles. The van der Waals surface area contributed by atoms with E-state index >= 15 is 0 Å². The number of nitrogens with one attached hydrogen (secondary N) is 1. The number of nitrogens with zero attached hydrogens (tertiary/aromatic N) is 2. The highest BCUT2D eigenvalue weighted by Crippen LogP contribution is 2.32. The van der Waals surface area contributed by atoms with Crippen LogP contribution in [-0.4, -0.2) is 16.6 Å². The summed E-state index contributed by atoms with van der Waals surface area (Å²) in [7, 11) is 0. The van der Waals surface area contributed by atoms with Crippen molar-refractivity contribution in [2.75, 3.05) is 11.1 Å². The number of alkyl halides is 3. The number of thioether (sulfide) groups is 1. The first-order chi connectivity index (χ1) is 12.1. The number of aryl methyl sites for hydroxylation is 2. The SMILES string of the molecule is Cc1cc(I)ccc1NC(=O)CSc1nc(C(F)(F)F)cc(C)c1C#N. The molecule has 26 heavy (non-hydrogen) atoms. The Kier molecular flexibility index (Phi) is 6.52. The van der Waals surface area contributed by atoms with Crippen LogP contribution in [0.3, 0.4) is 0 Å². The highest BCUT2D eigenvalue weighted by Gasteiger charge is 2.34. The van der Waals surface area contributed by atoms with Crippen molar-refractivity contribution in [2.24, 2.45) is 0 Å². The lowest BCUT2D eigenvalue weighted by atomic mass is 10.1. The summed E-state index contributed by atoms with van der Waals surface area (Å²) in [6.07, 6.45) is -4.62. The molecule has 9 heteroatoms. The second-order valence-electron chi connectivity index (χ2n) is 5.41. The maximum atomic E-state index is 12.9. The molecule has 1 heterocycles. The molecule has 136 valence electrons. The molecule has 0 aliphatic heterocycles. The minimum atomic E-state index is -4.62. The van der Waals surface area contributed by atoms with E-state index < -0.39 is 11.9 Å². The van der Waals surface area contributed by atoms with Crippen LogP contribution in [-0.2, 0) is 11.0 Å². The number of benzene rings is 1. The third-order valence-corrected chi connectivity index (χ3v) is 5.03. The number of pyridine rings is 1. The molecular weight excluding hydrogens is 478 g/mol. The molecule has 0 aliphatic carbocycles. The van der Waals surface area contributed by atoms with Gasteiger partial charge in [-0.2, -0.15) is 18.4 Å². The van der Waals surface area contributed by atoms with Crippen molar-refractivity contribution in [3.63, 3.8) is 0 Å². The van der Waals surface area contributed by atoms with Crippen LogP contribution in [0.5, 0.6) is 0 Å². The fourth-order valence-corrected chi connectivity index (χ4v) is 3.62. The Morgan fingerprint density at radius 1 is 1.31 bits per heavy atom. The van der Waals surface area contributed by atoms with Gasteiger partial charge in [-0.3, -0.25) is 4.79 Å². The highest BCUT2D eigenvalue weighted by molar-refractivity contribution is 14.1. The molecular formula is C17H13F3IN3OS. The van der Waals surface area contributed by atoms with E-state index in [1.807, 2.05) is 25.1 Å². The molecule has 2 aromatic rings. The summed E-state index contributed by atoms with van der Waals surface area (Å²) in [6, 6.07) is 8.17. The Hall–Kier alpha value is -1.80. The molecule has 0 saturated carbocycles. The molecule has 1 amide bonds. The van der Waals surface area contributed by atoms with Gasteiger partial charge < -0.3 is 5.32 Å². The predicted molar refractivity (Wildman–Crippen MR) is 102 cm³/mol. The lowest BCUT2D eigenvalue weighted by Gasteiger charge is -2.12. The number of aromatic nitrogens is 1. The molecule has 0 fully saturated rings. The van der Waals surface area contributed by atoms with Crippen LogP contribution < -0.4 is 5.32 Å². The van der Waals surface area contributed by atoms with Crippen LogP contribution in [0.25, 0.3) is 0 Å². The number of nitriles is 1. The van der Waals surface area contributed by atoms with Crippen LogP contribution >= 0.6 is 34.4 Å². The molecule has 4 nitrogen and oxygen atoms in total. The van der Waals surface area contributed by atoms with Gasteiger partial charge in [0.1, 0.15) is 16.8 Å². The van der Waals surface area contributed by atoms with E-state index in [-0.39, 0.29) is 27.8 Å². The largest absolute Gasteiger partial charge is 0.433 e. The van der Waals surface area contributed by atoms with Crippen LogP contribution in [0.4, 0.5) is 18.9 Å². The predicted octanol–water partition coefficient (Wildman–Crippen LogP) is 4.92. The van der Waals surface area contributed by atoms with Gasteiger partial charge in [-0.25, -0.2) is 4.98 Å². The zero-order valence-corrected chi connectivity index (χ0v) is 16.7. The minimum absolute atomic E-state index is 0.0428. The van der Waals surface area contributed by atoms with Gasteiger partial charge in [-0.05, 0) is 71.8 Å². The quantitative estimate of drug-likeness (QED) is 0.487. The van der Waals surface area contributed by atoms with Gasteiger partial charge in [0, 0.05) is 9.26 Å². The standard InChI is InChI=1S/C17H13F3IN3OS/c1-9-6-14(17(18,19)20)24-16(12(9)7-22)26-8-15(25)23-13-4-3-11(21)5-10(13)2/h3-6H,8H2,1-2H3,(H,23,25). The van der Waals surface area contributed by atoms with E-state index in [1.54, 1.807) is 6.07 Å². The van der Waals surface area contributed by atoms with Gasteiger partial charge in [0.25, 0.3) is 0 Å². The number of carbonyl (C=O) groups is 1.